The minimum absolute atomic E-state index is 0.0347. The highest BCUT2D eigenvalue weighted by Crippen LogP contribution is 2.24. The maximum absolute atomic E-state index is 12.8. The van der Waals surface area contributed by atoms with E-state index in [1.807, 2.05) is 54.6 Å². The molecule has 1 N–H and O–H groups in total. The number of ether oxygens (including phenoxy) is 2. The number of aliphatic hydroxyl groups excluding tert-OH is 1. The summed E-state index contributed by atoms with van der Waals surface area (Å²) in [6, 6.07) is 17.5. The molecule has 1 unspecified atom stereocenters. The van der Waals surface area contributed by atoms with Crippen LogP contribution in [0.25, 0.3) is 0 Å². The van der Waals surface area contributed by atoms with Crippen LogP contribution >= 0.6 is 0 Å². The summed E-state index contributed by atoms with van der Waals surface area (Å²) in [6.07, 6.45) is 0.886. The number of hydrogen-bond donors (Lipinski definition) is 1. The van der Waals surface area contributed by atoms with Crippen molar-refractivity contribution in [2.45, 2.75) is 18.4 Å². The van der Waals surface area contributed by atoms with Gasteiger partial charge in [0.15, 0.2) is 0 Å². The van der Waals surface area contributed by atoms with E-state index in [1.165, 1.54) is 0 Å². The molecule has 138 valence electrons. The molecule has 1 atom stereocenters. The predicted molar refractivity (Wildman–Crippen MR) is 99.2 cm³/mol. The predicted octanol–water partition coefficient (Wildman–Crippen LogP) is 2.07. The molecule has 1 heterocycles. The molecule has 0 aliphatic carbocycles. The molecular weight excluding hydrogens is 330 g/mol. The van der Waals surface area contributed by atoms with Crippen molar-refractivity contribution in [2.75, 3.05) is 33.4 Å². The quantitative estimate of drug-likeness (QED) is 0.862. The maximum atomic E-state index is 12.8. The van der Waals surface area contributed by atoms with Crippen LogP contribution in [0.1, 0.15) is 11.1 Å². The zero-order valence-electron chi connectivity index (χ0n) is 15.1. The molecule has 0 saturated carbocycles. The number of morpholine rings is 1. The lowest BCUT2D eigenvalue weighted by atomic mass is 9.93. The molecule has 1 saturated heterocycles. The van der Waals surface area contributed by atoms with Crippen molar-refractivity contribution < 1.29 is 19.4 Å². The molecule has 2 aromatic carbocycles. The van der Waals surface area contributed by atoms with Crippen LogP contribution in [-0.2, 0) is 22.4 Å². The summed E-state index contributed by atoms with van der Waals surface area (Å²) in [5.41, 5.74) is 1.26. The molecule has 1 aliphatic heterocycles. The summed E-state index contributed by atoms with van der Waals surface area (Å²) in [5.74, 6) is 0.776. The highest BCUT2D eigenvalue weighted by atomic mass is 16.5. The number of carbonyl (C=O) groups excluding carboxylic acids is 1. The van der Waals surface area contributed by atoms with Crippen molar-refractivity contribution in [2.24, 2.45) is 0 Å². The highest BCUT2D eigenvalue weighted by molar-refractivity contribution is 5.79. The van der Waals surface area contributed by atoms with E-state index >= 15 is 0 Å². The van der Waals surface area contributed by atoms with Crippen LogP contribution < -0.4 is 4.74 Å². The largest absolute Gasteiger partial charge is 0.497 e. The average molecular weight is 355 g/mol. The van der Waals surface area contributed by atoms with Gasteiger partial charge in [-0.3, -0.25) is 4.79 Å². The van der Waals surface area contributed by atoms with Crippen LogP contribution in [0.5, 0.6) is 5.75 Å². The summed E-state index contributed by atoms with van der Waals surface area (Å²) in [7, 11) is 1.61. The standard InChI is InChI=1S/C21H25NO4/c1-25-19-9-5-8-18(12-19)13-20(24)22-10-11-26-21(15-22,16-23)14-17-6-3-2-4-7-17/h2-9,12,23H,10-11,13-16H2,1H3. The van der Waals surface area contributed by atoms with Crippen molar-refractivity contribution in [3.63, 3.8) is 0 Å². The van der Waals surface area contributed by atoms with E-state index in [9.17, 15) is 9.90 Å². The molecule has 5 nitrogen and oxygen atoms in total. The summed E-state index contributed by atoms with van der Waals surface area (Å²) >= 11 is 0. The summed E-state index contributed by atoms with van der Waals surface area (Å²) in [6.45, 7) is 1.24. The van der Waals surface area contributed by atoms with Gasteiger partial charge < -0.3 is 19.5 Å². The Morgan fingerprint density at radius 1 is 1.19 bits per heavy atom. The van der Waals surface area contributed by atoms with E-state index in [0.29, 0.717) is 32.5 Å². The first-order valence-electron chi connectivity index (χ1n) is 8.83. The Balaban J connectivity index is 1.68. The number of rotatable bonds is 6. The molecule has 0 bridgehead atoms. The Labute approximate surface area is 154 Å². The number of benzene rings is 2. The molecule has 26 heavy (non-hydrogen) atoms. The second-order valence-corrected chi connectivity index (χ2v) is 6.70. The monoisotopic (exact) mass is 355 g/mol. The number of nitrogens with zero attached hydrogens (tertiary/aromatic N) is 1. The number of hydrogen-bond acceptors (Lipinski definition) is 4. The van der Waals surface area contributed by atoms with Crippen LogP contribution in [-0.4, -0.2) is 54.9 Å². The van der Waals surface area contributed by atoms with Gasteiger partial charge in [-0.25, -0.2) is 0 Å². The molecule has 3 rings (SSSR count). The van der Waals surface area contributed by atoms with Gasteiger partial charge in [-0.15, -0.1) is 0 Å². The van der Waals surface area contributed by atoms with Crippen molar-refractivity contribution in [1.29, 1.82) is 0 Å². The highest BCUT2D eigenvalue weighted by Gasteiger charge is 2.38. The second kappa shape index (κ2) is 8.34. The van der Waals surface area contributed by atoms with Gasteiger partial charge in [-0.05, 0) is 23.3 Å². The first-order chi connectivity index (χ1) is 12.6. The van der Waals surface area contributed by atoms with Gasteiger partial charge in [-0.2, -0.15) is 0 Å². The third-order valence-electron chi connectivity index (χ3n) is 4.75. The Bertz CT molecular complexity index is 734. The van der Waals surface area contributed by atoms with Crippen molar-refractivity contribution >= 4 is 5.91 Å². The molecule has 5 heteroatoms. The fourth-order valence-electron chi connectivity index (χ4n) is 3.35. The molecule has 1 fully saturated rings. The maximum Gasteiger partial charge on any atom is 0.227 e. The van der Waals surface area contributed by atoms with E-state index in [1.54, 1.807) is 12.0 Å². The Morgan fingerprint density at radius 3 is 2.69 bits per heavy atom. The van der Waals surface area contributed by atoms with Crippen LogP contribution in [0.3, 0.4) is 0 Å². The SMILES string of the molecule is COc1cccc(CC(=O)N2CCOC(CO)(Cc3ccccc3)C2)c1. The fraction of sp³-hybridized carbons (Fsp3) is 0.381. The van der Waals surface area contributed by atoms with Gasteiger partial charge in [0.05, 0.1) is 33.3 Å². The van der Waals surface area contributed by atoms with E-state index < -0.39 is 5.60 Å². The molecule has 1 amide bonds. The summed E-state index contributed by atoms with van der Waals surface area (Å²) in [4.78, 5) is 14.6. The van der Waals surface area contributed by atoms with Crippen LogP contribution in [0.15, 0.2) is 54.6 Å². The lowest BCUT2D eigenvalue weighted by Crippen LogP contribution is -2.57. The van der Waals surface area contributed by atoms with Gasteiger partial charge in [0, 0.05) is 13.0 Å². The second-order valence-electron chi connectivity index (χ2n) is 6.70. The van der Waals surface area contributed by atoms with Crippen LogP contribution in [0.2, 0.25) is 0 Å². The average Bonchev–Trinajstić information content (AvgIpc) is 2.69. The van der Waals surface area contributed by atoms with Gasteiger partial charge in [0.2, 0.25) is 5.91 Å². The number of carbonyl (C=O) groups is 1. The minimum atomic E-state index is -0.746. The van der Waals surface area contributed by atoms with Gasteiger partial charge in [0.1, 0.15) is 11.4 Å². The third-order valence-corrected chi connectivity index (χ3v) is 4.75. The molecule has 0 aromatic heterocycles. The van der Waals surface area contributed by atoms with Crippen molar-refractivity contribution in [3.8, 4) is 5.75 Å². The molecule has 0 radical (unpaired) electrons. The van der Waals surface area contributed by atoms with E-state index in [0.717, 1.165) is 16.9 Å². The van der Waals surface area contributed by atoms with Crippen LogP contribution in [0, 0.1) is 0 Å². The van der Waals surface area contributed by atoms with Crippen molar-refractivity contribution in [3.05, 3.63) is 65.7 Å². The lowest BCUT2D eigenvalue weighted by molar-refractivity contribution is -0.157. The smallest absolute Gasteiger partial charge is 0.227 e. The van der Waals surface area contributed by atoms with Gasteiger partial charge >= 0.3 is 0 Å². The van der Waals surface area contributed by atoms with E-state index in [4.69, 9.17) is 9.47 Å². The van der Waals surface area contributed by atoms with Gasteiger partial charge in [0.25, 0.3) is 0 Å². The first kappa shape index (κ1) is 18.4. The number of methoxy groups -OCH3 is 1. The molecule has 2 aromatic rings. The van der Waals surface area contributed by atoms with Crippen LogP contribution in [0.4, 0.5) is 0 Å². The third kappa shape index (κ3) is 4.42. The van der Waals surface area contributed by atoms with E-state index in [-0.39, 0.29) is 12.5 Å². The summed E-state index contributed by atoms with van der Waals surface area (Å²) < 4.78 is 11.1. The zero-order valence-corrected chi connectivity index (χ0v) is 15.1. The number of aliphatic hydroxyl groups is 1. The number of amides is 1. The lowest BCUT2D eigenvalue weighted by Gasteiger charge is -2.42. The Hall–Kier alpha value is -2.37. The molecular formula is C21H25NO4. The van der Waals surface area contributed by atoms with Gasteiger partial charge in [-0.1, -0.05) is 42.5 Å². The van der Waals surface area contributed by atoms with E-state index in [2.05, 4.69) is 0 Å². The molecule has 1 aliphatic rings. The first-order valence-corrected chi connectivity index (χ1v) is 8.83. The topological polar surface area (TPSA) is 59.0 Å². The Morgan fingerprint density at radius 2 is 1.96 bits per heavy atom. The zero-order chi connectivity index (χ0) is 18.4. The van der Waals surface area contributed by atoms with Crippen molar-refractivity contribution in [1.82, 2.24) is 4.90 Å². The summed E-state index contributed by atoms with van der Waals surface area (Å²) in [5, 5.41) is 9.98. The fourth-order valence-corrected chi connectivity index (χ4v) is 3.35. The normalized spacial score (nSPS) is 20.0. The molecule has 0 spiro atoms. The minimum Gasteiger partial charge on any atom is -0.497 e. The Kier molecular flexibility index (Phi) is 5.91.